The first-order valence-corrected chi connectivity index (χ1v) is 12.6. The Kier molecular flexibility index (Phi) is 6.81. The highest BCUT2D eigenvalue weighted by atomic mass is 32.2. The second-order valence-electron chi connectivity index (χ2n) is 8.29. The third kappa shape index (κ3) is 5.47. The number of benzene rings is 2. The zero-order valence-electron chi connectivity index (χ0n) is 19.4. The lowest BCUT2D eigenvalue weighted by atomic mass is 9.99. The van der Waals surface area contributed by atoms with Gasteiger partial charge in [-0.2, -0.15) is 0 Å². The second kappa shape index (κ2) is 9.80. The topological polar surface area (TPSA) is 147 Å². The Hall–Kier alpha value is -3.83. The predicted octanol–water partition coefficient (Wildman–Crippen LogP) is 2.66. The molecule has 0 fully saturated rings. The molecule has 0 aliphatic carbocycles. The van der Waals surface area contributed by atoms with Gasteiger partial charge >= 0.3 is 0 Å². The molecule has 10 nitrogen and oxygen atoms in total. The van der Waals surface area contributed by atoms with Crippen molar-refractivity contribution in [2.45, 2.75) is 37.6 Å². The average molecular weight is 495 g/mol. The Morgan fingerprint density at radius 1 is 1.09 bits per heavy atom. The van der Waals surface area contributed by atoms with Gasteiger partial charge in [0.25, 0.3) is 5.91 Å². The van der Waals surface area contributed by atoms with Crippen molar-refractivity contribution in [2.24, 2.45) is 5.14 Å². The minimum atomic E-state index is -3.98. The summed E-state index contributed by atoms with van der Waals surface area (Å²) < 4.78 is 23.6. The van der Waals surface area contributed by atoms with Crippen LogP contribution in [0.1, 0.15) is 35.8 Å². The summed E-state index contributed by atoms with van der Waals surface area (Å²) in [4.78, 5) is 36.5. The molecule has 3 aromatic rings. The molecule has 2 amide bonds. The highest BCUT2D eigenvalue weighted by Crippen LogP contribution is 2.40. The number of sulfonamides is 1. The number of aryl methyl sites for hydroxylation is 2. The van der Waals surface area contributed by atoms with Gasteiger partial charge < -0.3 is 10.6 Å². The summed E-state index contributed by atoms with van der Waals surface area (Å²) in [7, 11) is -3.98. The molecule has 0 saturated heterocycles. The number of nitrogens with one attached hydrogen (secondary N) is 2. The van der Waals surface area contributed by atoms with Gasteiger partial charge in [0.05, 0.1) is 16.3 Å². The number of fused-ring (bicyclic) bond motifs is 1. The lowest BCUT2D eigenvalue weighted by molar-refractivity contribution is -0.124. The smallest absolute Gasteiger partial charge is 0.252 e. The number of carbonyl (C=O) groups excluding carboxylic acids is 2. The van der Waals surface area contributed by atoms with Gasteiger partial charge in [-0.1, -0.05) is 30.3 Å². The minimum Gasteiger partial charge on any atom is -0.354 e. The molecule has 11 heteroatoms. The number of nitrogens with two attached hydrogens (primary N) is 1. The quantitative estimate of drug-likeness (QED) is 0.428. The van der Waals surface area contributed by atoms with Gasteiger partial charge in [-0.3, -0.25) is 14.5 Å². The maximum atomic E-state index is 13.4. The molecule has 0 spiro atoms. The van der Waals surface area contributed by atoms with Crippen molar-refractivity contribution < 1.29 is 18.0 Å². The highest BCUT2D eigenvalue weighted by Gasteiger charge is 2.38. The van der Waals surface area contributed by atoms with Crippen LogP contribution in [0.2, 0.25) is 0 Å². The van der Waals surface area contributed by atoms with E-state index in [2.05, 4.69) is 20.6 Å². The van der Waals surface area contributed by atoms with Gasteiger partial charge in [0, 0.05) is 24.4 Å². The Balaban J connectivity index is 1.58. The third-order valence-corrected chi connectivity index (χ3v) is 6.45. The summed E-state index contributed by atoms with van der Waals surface area (Å²) in [5.74, 6) is -0.220. The molecular weight excluding hydrogens is 468 g/mol. The van der Waals surface area contributed by atoms with E-state index in [0.717, 1.165) is 11.4 Å². The van der Waals surface area contributed by atoms with Crippen LogP contribution in [-0.2, 0) is 19.6 Å². The molecule has 35 heavy (non-hydrogen) atoms. The average Bonchev–Trinajstić information content (AvgIpc) is 2.79. The summed E-state index contributed by atoms with van der Waals surface area (Å²) in [6.45, 7) is 4.22. The van der Waals surface area contributed by atoms with Crippen LogP contribution in [0.15, 0.2) is 59.5 Å². The molecule has 0 bridgehead atoms. The van der Waals surface area contributed by atoms with Crippen LogP contribution in [0, 0.1) is 13.8 Å². The molecule has 4 N–H and O–H groups in total. The molecular formula is C24H26N6O4S. The molecule has 1 unspecified atom stereocenters. The molecule has 1 aliphatic rings. The summed E-state index contributed by atoms with van der Waals surface area (Å²) in [6, 6.07) is 14.0. The molecule has 2 aromatic carbocycles. The van der Waals surface area contributed by atoms with Crippen LogP contribution in [0.4, 0.5) is 17.3 Å². The van der Waals surface area contributed by atoms with E-state index in [1.165, 1.54) is 23.1 Å². The number of primary sulfonamides is 1. The van der Waals surface area contributed by atoms with E-state index in [1.54, 1.807) is 24.3 Å². The Morgan fingerprint density at radius 2 is 1.77 bits per heavy atom. The minimum absolute atomic E-state index is 0.144. The molecule has 1 aliphatic heterocycles. The molecule has 4 rings (SSSR count). The van der Waals surface area contributed by atoms with E-state index >= 15 is 0 Å². The number of hydrogen-bond acceptors (Lipinski definition) is 7. The van der Waals surface area contributed by atoms with Crippen molar-refractivity contribution in [1.29, 1.82) is 0 Å². The standard InChI is InChI=1S/C24H26N6O4S/c1-15-13-16(2)28-24(27-15)26-12-6-9-21(31)30-20-11-10-18(35(25,33)34)14-19(20)29-23(32)22(30)17-7-4-3-5-8-17/h3-5,7-8,10-11,13-14,22H,6,9,12H2,1-2H3,(H,29,32)(H2,25,33,34)(H,26,27,28). The van der Waals surface area contributed by atoms with E-state index in [4.69, 9.17) is 5.14 Å². The maximum Gasteiger partial charge on any atom is 0.252 e. The van der Waals surface area contributed by atoms with Crippen LogP contribution in [-0.4, -0.2) is 36.7 Å². The van der Waals surface area contributed by atoms with Crippen LogP contribution >= 0.6 is 0 Å². The van der Waals surface area contributed by atoms with Crippen molar-refractivity contribution in [3.05, 3.63) is 71.5 Å². The van der Waals surface area contributed by atoms with E-state index in [1.807, 2.05) is 26.0 Å². The fourth-order valence-corrected chi connectivity index (χ4v) is 4.58. The number of nitrogens with zero attached hydrogens (tertiary/aromatic N) is 3. The predicted molar refractivity (Wildman–Crippen MR) is 132 cm³/mol. The molecule has 2 heterocycles. The molecule has 1 aromatic heterocycles. The number of anilines is 3. The van der Waals surface area contributed by atoms with Crippen LogP contribution in [0.5, 0.6) is 0 Å². The monoisotopic (exact) mass is 494 g/mol. The number of rotatable bonds is 7. The number of amides is 2. The zero-order chi connectivity index (χ0) is 25.2. The lowest BCUT2D eigenvalue weighted by Gasteiger charge is -2.37. The van der Waals surface area contributed by atoms with Gasteiger partial charge in [0.2, 0.25) is 21.9 Å². The number of hydrogen-bond donors (Lipinski definition) is 3. The second-order valence-corrected chi connectivity index (χ2v) is 9.86. The highest BCUT2D eigenvalue weighted by molar-refractivity contribution is 7.89. The Bertz CT molecular complexity index is 1360. The van der Waals surface area contributed by atoms with Crippen molar-refractivity contribution in [2.75, 3.05) is 22.1 Å². The van der Waals surface area contributed by atoms with E-state index in [9.17, 15) is 18.0 Å². The SMILES string of the molecule is Cc1cc(C)nc(NCCCC(=O)N2c3ccc(S(N)(=O)=O)cc3NC(=O)C2c2ccccc2)n1. The lowest BCUT2D eigenvalue weighted by Crippen LogP contribution is -2.45. The normalized spacial score (nSPS) is 15.3. The third-order valence-electron chi connectivity index (χ3n) is 5.54. The van der Waals surface area contributed by atoms with Crippen molar-refractivity contribution in [3.8, 4) is 0 Å². The van der Waals surface area contributed by atoms with Crippen LogP contribution in [0.25, 0.3) is 0 Å². The maximum absolute atomic E-state index is 13.4. The Morgan fingerprint density at radius 3 is 2.43 bits per heavy atom. The van der Waals surface area contributed by atoms with Crippen molar-refractivity contribution in [1.82, 2.24) is 9.97 Å². The first-order valence-electron chi connectivity index (χ1n) is 11.0. The molecule has 1 atom stereocenters. The fraction of sp³-hybridized carbons (Fsp3) is 0.250. The van der Waals surface area contributed by atoms with E-state index in [-0.39, 0.29) is 22.9 Å². The van der Waals surface area contributed by atoms with Gasteiger partial charge in [-0.05, 0) is 50.1 Å². The zero-order valence-corrected chi connectivity index (χ0v) is 20.2. The first kappa shape index (κ1) is 24.3. The van der Waals surface area contributed by atoms with Crippen molar-refractivity contribution in [3.63, 3.8) is 0 Å². The van der Waals surface area contributed by atoms with E-state index < -0.39 is 22.0 Å². The van der Waals surface area contributed by atoms with Gasteiger partial charge in [0.15, 0.2) is 0 Å². The van der Waals surface area contributed by atoms with E-state index in [0.29, 0.717) is 30.2 Å². The van der Waals surface area contributed by atoms with Gasteiger partial charge in [0.1, 0.15) is 6.04 Å². The fourth-order valence-electron chi connectivity index (χ4n) is 4.04. The summed E-state index contributed by atoms with van der Waals surface area (Å²) >= 11 is 0. The largest absolute Gasteiger partial charge is 0.354 e. The molecule has 0 saturated carbocycles. The van der Waals surface area contributed by atoms with Crippen LogP contribution in [0.3, 0.4) is 0 Å². The van der Waals surface area contributed by atoms with Gasteiger partial charge in [-0.15, -0.1) is 0 Å². The van der Waals surface area contributed by atoms with Crippen LogP contribution < -0.4 is 20.7 Å². The Labute approximate surface area is 203 Å². The summed E-state index contributed by atoms with van der Waals surface area (Å²) in [5, 5.41) is 11.1. The summed E-state index contributed by atoms with van der Waals surface area (Å²) in [5.41, 5.74) is 2.94. The first-order chi connectivity index (χ1) is 16.6. The summed E-state index contributed by atoms with van der Waals surface area (Å²) in [6.07, 6.45) is 0.615. The van der Waals surface area contributed by atoms with Crippen molar-refractivity contribution >= 4 is 39.2 Å². The molecule has 0 radical (unpaired) electrons. The number of aromatic nitrogens is 2. The van der Waals surface area contributed by atoms with Gasteiger partial charge in [-0.25, -0.2) is 23.5 Å². The number of carbonyl (C=O) groups is 2. The molecule has 182 valence electrons.